The van der Waals surface area contributed by atoms with Crippen LogP contribution in [0.5, 0.6) is 11.5 Å². The molecule has 1 saturated heterocycles. The van der Waals surface area contributed by atoms with Crippen LogP contribution in [-0.2, 0) is 16.1 Å². The molecule has 152 valence electrons. The van der Waals surface area contributed by atoms with E-state index in [2.05, 4.69) is 10.6 Å². The lowest BCUT2D eigenvalue weighted by Gasteiger charge is -2.22. The van der Waals surface area contributed by atoms with Crippen LogP contribution in [0.4, 0.5) is 4.79 Å². The third-order valence-corrected chi connectivity index (χ3v) is 5.15. The number of nitrogens with zero attached hydrogens (tertiary/aromatic N) is 1. The Morgan fingerprint density at radius 1 is 1.36 bits per heavy atom. The molecule has 0 saturated carbocycles. The fourth-order valence-corrected chi connectivity index (χ4v) is 3.19. The van der Waals surface area contributed by atoms with E-state index < -0.39 is 18.0 Å². The zero-order chi connectivity index (χ0) is 20.3. The first kappa shape index (κ1) is 19.9. The van der Waals surface area contributed by atoms with E-state index >= 15 is 0 Å². The molecule has 1 aromatic carbocycles. The summed E-state index contributed by atoms with van der Waals surface area (Å²) >= 11 is 0. The van der Waals surface area contributed by atoms with E-state index in [4.69, 9.17) is 9.47 Å². The molecule has 9 heteroatoms. The number of hydrogen-bond acceptors (Lipinski definition) is 6. The molecule has 3 N–H and O–H groups in total. The van der Waals surface area contributed by atoms with E-state index in [9.17, 15) is 19.5 Å². The predicted molar refractivity (Wildman–Crippen MR) is 98.5 cm³/mol. The molecule has 1 fully saturated rings. The van der Waals surface area contributed by atoms with Gasteiger partial charge in [-0.15, -0.1) is 0 Å². The minimum Gasteiger partial charge on any atom is -0.454 e. The van der Waals surface area contributed by atoms with Gasteiger partial charge in [0.05, 0.1) is 25.6 Å². The molecule has 0 spiro atoms. The van der Waals surface area contributed by atoms with Gasteiger partial charge in [0.15, 0.2) is 11.5 Å². The molecule has 2 heterocycles. The lowest BCUT2D eigenvalue weighted by molar-refractivity contribution is -0.131. The molecule has 3 rings (SSSR count). The molecular weight excluding hydrogens is 366 g/mol. The minimum absolute atomic E-state index is 0.0750. The highest BCUT2D eigenvalue weighted by atomic mass is 16.7. The third kappa shape index (κ3) is 4.19. The van der Waals surface area contributed by atoms with Gasteiger partial charge in [-0.3, -0.25) is 14.5 Å². The monoisotopic (exact) mass is 391 g/mol. The molecule has 3 atom stereocenters. The second-order valence-corrected chi connectivity index (χ2v) is 7.06. The smallest absolute Gasteiger partial charge is 0.325 e. The number of benzene rings is 1. The lowest BCUT2D eigenvalue weighted by atomic mass is 9.99. The van der Waals surface area contributed by atoms with Crippen molar-refractivity contribution >= 4 is 17.8 Å². The summed E-state index contributed by atoms with van der Waals surface area (Å²) in [5, 5.41) is 14.7. The van der Waals surface area contributed by atoms with Crippen molar-refractivity contribution in [2.75, 3.05) is 13.4 Å². The number of imide groups is 1. The molecule has 0 bridgehead atoms. The van der Waals surface area contributed by atoms with E-state index in [1.54, 1.807) is 18.2 Å². The third-order valence-electron chi connectivity index (χ3n) is 5.15. The fraction of sp³-hybridized carbons (Fsp3) is 0.526. The molecule has 1 aromatic rings. The van der Waals surface area contributed by atoms with Crippen LogP contribution in [0.15, 0.2) is 18.2 Å². The summed E-state index contributed by atoms with van der Waals surface area (Å²) in [4.78, 5) is 38.1. The molecule has 0 aromatic heterocycles. The van der Waals surface area contributed by atoms with Gasteiger partial charge >= 0.3 is 6.03 Å². The van der Waals surface area contributed by atoms with Gasteiger partial charge in [-0.2, -0.15) is 0 Å². The number of ether oxygens (including phenoxy) is 2. The molecule has 0 radical (unpaired) electrons. The van der Waals surface area contributed by atoms with Gasteiger partial charge in [0.25, 0.3) is 5.91 Å². The molecule has 4 amide bonds. The second-order valence-electron chi connectivity index (χ2n) is 7.06. The lowest BCUT2D eigenvalue weighted by Crippen LogP contribution is -2.44. The van der Waals surface area contributed by atoms with Crippen LogP contribution in [0.3, 0.4) is 0 Å². The summed E-state index contributed by atoms with van der Waals surface area (Å²) in [6, 6.07) is 3.37. The summed E-state index contributed by atoms with van der Waals surface area (Å²) in [5.74, 6) is 0.450. The van der Waals surface area contributed by atoms with Crippen LogP contribution in [0, 0.1) is 5.92 Å². The van der Waals surface area contributed by atoms with Crippen molar-refractivity contribution in [2.45, 2.75) is 45.3 Å². The number of amides is 4. The molecule has 28 heavy (non-hydrogen) atoms. The van der Waals surface area contributed by atoms with Crippen LogP contribution in [-0.4, -0.2) is 53.3 Å². The summed E-state index contributed by atoms with van der Waals surface area (Å²) < 4.78 is 10.6. The number of aliphatic hydroxyl groups is 1. The number of urea groups is 1. The Bertz CT molecular complexity index is 768. The standard InChI is InChI=1S/C19H25N3O6/c1-3-11(2)14(9-23)20-17(24)7-13-18(25)22(19(26)21-13)8-12-4-5-15-16(6-12)28-10-27-15/h4-6,11,13-14,23H,3,7-10H2,1-2H3,(H,20,24)(H,21,26)/t11-,13+,14+/m0/s1. The Balaban J connectivity index is 1.59. The van der Waals surface area contributed by atoms with Gasteiger partial charge in [-0.05, 0) is 23.6 Å². The molecule has 2 aliphatic heterocycles. The number of nitrogens with one attached hydrogen (secondary N) is 2. The summed E-state index contributed by atoms with van der Waals surface area (Å²) in [6.45, 7) is 3.93. The zero-order valence-electron chi connectivity index (χ0n) is 15.9. The maximum Gasteiger partial charge on any atom is 0.325 e. The van der Waals surface area contributed by atoms with Gasteiger partial charge in [0, 0.05) is 0 Å². The number of rotatable bonds is 8. The number of fused-ring (bicyclic) bond motifs is 1. The van der Waals surface area contributed by atoms with Crippen molar-refractivity contribution in [2.24, 2.45) is 5.92 Å². The zero-order valence-corrected chi connectivity index (χ0v) is 15.9. The highest BCUT2D eigenvalue weighted by Gasteiger charge is 2.39. The van der Waals surface area contributed by atoms with Crippen LogP contribution in [0.2, 0.25) is 0 Å². The van der Waals surface area contributed by atoms with Crippen molar-refractivity contribution < 1.29 is 29.0 Å². The van der Waals surface area contributed by atoms with E-state index in [0.717, 1.165) is 16.9 Å². The Morgan fingerprint density at radius 2 is 2.11 bits per heavy atom. The van der Waals surface area contributed by atoms with E-state index in [-0.39, 0.29) is 44.2 Å². The Morgan fingerprint density at radius 3 is 2.82 bits per heavy atom. The molecule has 0 aliphatic carbocycles. The number of carbonyl (C=O) groups is 3. The van der Waals surface area contributed by atoms with Crippen molar-refractivity contribution in [3.8, 4) is 11.5 Å². The van der Waals surface area contributed by atoms with E-state index in [1.807, 2.05) is 13.8 Å². The van der Waals surface area contributed by atoms with Gasteiger partial charge in [-0.1, -0.05) is 26.3 Å². The van der Waals surface area contributed by atoms with Crippen molar-refractivity contribution in [1.82, 2.24) is 15.5 Å². The first-order valence-corrected chi connectivity index (χ1v) is 9.33. The van der Waals surface area contributed by atoms with E-state index in [0.29, 0.717) is 11.5 Å². The fourth-order valence-electron chi connectivity index (χ4n) is 3.19. The molecular formula is C19H25N3O6. The van der Waals surface area contributed by atoms with Crippen LogP contribution in [0.1, 0.15) is 32.3 Å². The average Bonchev–Trinajstić information content (AvgIpc) is 3.25. The summed E-state index contributed by atoms with van der Waals surface area (Å²) in [5.41, 5.74) is 0.718. The first-order valence-electron chi connectivity index (χ1n) is 9.33. The van der Waals surface area contributed by atoms with Crippen molar-refractivity contribution in [3.63, 3.8) is 0 Å². The first-order chi connectivity index (χ1) is 13.4. The molecule has 0 unspecified atom stereocenters. The molecule has 2 aliphatic rings. The van der Waals surface area contributed by atoms with Crippen molar-refractivity contribution in [3.05, 3.63) is 23.8 Å². The quantitative estimate of drug-likeness (QED) is 0.563. The SMILES string of the molecule is CC[C@H](C)[C@@H](CO)NC(=O)C[C@H]1NC(=O)N(Cc2ccc3c(c2)OCO3)C1=O. The normalized spacial score (nSPS) is 20.1. The summed E-state index contributed by atoms with van der Waals surface area (Å²) in [6.07, 6.45) is 0.628. The van der Waals surface area contributed by atoms with Crippen LogP contribution >= 0.6 is 0 Å². The summed E-state index contributed by atoms with van der Waals surface area (Å²) in [7, 11) is 0. The topological polar surface area (TPSA) is 117 Å². The number of aliphatic hydroxyl groups excluding tert-OH is 1. The largest absolute Gasteiger partial charge is 0.454 e. The van der Waals surface area contributed by atoms with Gasteiger partial charge in [-0.25, -0.2) is 4.79 Å². The Labute approximate surface area is 163 Å². The highest BCUT2D eigenvalue weighted by Crippen LogP contribution is 2.33. The maximum absolute atomic E-state index is 12.6. The maximum atomic E-state index is 12.6. The average molecular weight is 391 g/mol. The Hall–Kier alpha value is -2.81. The number of carbonyl (C=O) groups excluding carboxylic acids is 3. The van der Waals surface area contributed by atoms with Crippen LogP contribution < -0.4 is 20.1 Å². The van der Waals surface area contributed by atoms with Gasteiger partial charge in [0.1, 0.15) is 6.04 Å². The van der Waals surface area contributed by atoms with Crippen LogP contribution in [0.25, 0.3) is 0 Å². The Kier molecular flexibility index (Phi) is 6.03. The highest BCUT2D eigenvalue weighted by molar-refractivity contribution is 6.05. The van der Waals surface area contributed by atoms with Gasteiger partial charge < -0.3 is 25.2 Å². The van der Waals surface area contributed by atoms with Crippen molar-refractivity contribution in [1.29, 1.82) is 0 Å². The van der Waals surface area contributed by atoms with E-state index in [1.165, 1.54) is 0 Å². The number of hydrogen-bond donors (Lipinski definition) is 3. The molecule has 9 nitrogen and oxygen atoms in total. The predicted octanol–water partition coefficient (Wildman–Crippen LogP) is 0.749. The second kappa shape index (κ2) is 8.47. The van der Waals surface area contributed by atoms with Gasteiger partial charge in [0.2, 0.25) is 12.7 Å². The minimum atomic E-state index is -0.919.